The van der Waals surface area contributed by atoms with E-state index in [-0.39, 0.29) is 18.2 Å². The molecular weight excluding hydrogens is 376 g/mol. The Labute approximate surface area is 168 Å². The number of hydrogen-bond donors (Lipinski definition) is 1. The van der Waals surface area contributed by atoms with Gasteiger partial charge in [0.05, 0.1) is 12.5 Å². The number of carbonyl (C=O) groups excluding carboxylic acids is 2. The maximum Gasteiger partial charge on any atom is 0.332 e. The molecule has 1 atom stereocenters. The molecule has 1 amide bonds. The van der Waals surface area contributed by atoms with Crippen LogP contribution in [0.1, 0.15) is 37.1 Å². The fraction of sp³-hybridized carbons (Fsp3) is 0.550. The van der Waals surface area contributed by atoms with Crippen LogP contribution in [0.25, 0.3) is 11.0 Å². The normalized spacial score (nSPS) is 12.3. The molecule has 158 valence electrons. The zero-order chi connectivity index (χ0) is 22.0. The Bertz CT molecular complexity index is 1080. The van der Waals surface area contributed by atoms with Crippen molar-refractivity contribution < 1.29 is 14.3 Å². The zero-order valence-corrected chi connectivity index (χ0v) is 18.0. The number of amides is 1. The molecule has 9 heteroatoms. The number of methoxy groups -OCH3 is 1. The van der Waals surface area contributed by atoms with Gasteiger partial charge < -0.3 is 10.1 Å². The summed E-state index contributed by atoms with van der Waals surface area (Å²) in [6.45, 7) is 7.22. The minimum Gasteiger partial charge on any atom is -0.467 e. The van der Waals surface area contributed by atoms with Gasteiger partial charge in [0.2, 0.25) is 5.91 Å². The number of aryl methyl sites for hydroxylation is 3. The van der Waals surface area contributed by atoms with Gasteiger partial charge in [-0.15, -0.1) is 0 Å². The van der Waals surface area contributed by atoms with Crippen molar-refractivity contribution in [1.29, 1.82) is 0 Å². The third kappa shape index (κ3) is 4.23. The highest BCUT2D eigenvalue weighted by Crippen LogP contribution is 2.20. The van der Waals surface area contributed by atoms with E-state index >= 15 is 0 Å². The summed E-state index contributed by atoms with van der Waals surface area (Å²) in [4.78, 5) is 53.5. The minimum atomic E-state index is -0.716. The van der Waals surface area contributed by atoms with Gasteiger partial charge in [0.25, 0.3) is 5.56 Å². The highest BCUT2D eigenvalue weighted by molar-refractivity contribution is 5.85. The van der Waals surface area contributed by atoms with Crippen molar-refractivity contribution in [3.05, 3.63) is 37.7 Å². The summed E-state index contributed by atoms with van der Waals surface area (Å²) in [5.74, 6) is -0.889. The molecule has 0 spiro atoms. The van der Waals surface area contributed by atoms with E-state index in [4.69, 9.17) is 4.74 Å². The van der Waals surface area contributed by atoms with Crippen molar-refractivity contribution in [2.24, 2.45) is 20.0 Å². The van der Waals surface area contributed by atoms with Gasteiger partial charge in [0.1, 0.15) is 11.7 Å². The molecule has 0 saturated carbocycles. The Morgan fingerprint density at radius 2 is 1.76 bits per heavy atom. The second kappa shape index (κ2) is 8.59. The van der Waals surface area contributed by atoms with Crippen molar-refractivity contribution in [2.45, 2.75) is 46.6 Å². The van der Waals surface area contributed by atoms with Gasteiger partial charge in [0, 0.05) is 26.2 Å². The lowest BCUT2D eigenvalue weighted by Gasteiger charge is -2.20. The molecule has 0 radical (unpaired) electrons. The van der Waals surface area contributed by atoms with Crippen molar-refractivity contribution in [1.82, 2.24) is 19.4 Å². The van der Waals surface area contributed by atoms with E-state index in [9.17, 15) is 19.2 Å². The van der Waals surface area contributed by atoms with Crippen LogP contribution in [0.5, 0.6) is 0 Å². The van der Waals surface area contributed by atoms with Crippen LogP contribution in [-0.4, -0.2) is 39.1 Å². The van der Waals surface area contributed by atoms with Gasteiger partial charge in [-0.2, -0.15) is 0 Å². The number of pyridine rings is 1. The van der Waals surface area contributed by atoms with Crippen LogP contribution in [-0.2, 0) is 34.8 Å². The average Bonchev–Trinajstić information content (AvgIpc) is 2.67. The number of fused-ring (bicyclic) bond motifs is 1. The molecule has 1 N–H and O–H groups in total. The molecule has 2 aromatic heterocycles. The fourth-order valence-electron chi connectivity index (χ4n) is 3.42. The van der Waals surface area contributed by atoms with Crippen LogP contribution >= 0.6 is 0 Å². The number of nitrogens with one attached hydrogen (secondary N) is 1. The van der Waals surface area contributed by atoms with Crippen molar-refractivity contribution in [3.63, 3.8) is 0 Å². The van der Waals surface area contributed by atoms with Crippen LogP contribution in [0.4, 0.5) is 0 Å². The van der Waals surface area contributed by atoms with Gasteiger partial charge in [-0.3, -0.25) is 18.7 Å². The maximum atomic E-state index is 12.6. The van der Waals surface area contributed by atoms with Crippen LogP contribution in [0.15, 0.2) is 9.59 Å². The second-order valence-corrected chi connectivity index (χ2v) is 7.52. The monoisotopic (exact) mass is 404 g/mol. The number of nitrogens with zero attached hydrogens (tertiary/aromatic N) is 3. The molecule has 0 aliphatic carbocycles. The van der Waals surface area contributed by atoms with E-state index in [1.165, 1.54) is 18.7 Å². The number of esters is 1. The van der Waals surface area contributed by atoms with Gasteiger partial charge in [-0.25, -0.2) is 14.6 Å². The van der Waals surface area contributed by atoms with E-state index in [0.717, 1.165) is 10.1 Å². The summed E-state index contributed by atoms with van der Waals surface area (Å²) in [6, 6.07) is -0.716. The predicted molar refractivity (Wildman–Crippen MR) is 109 cm³/mol. The summed E-state index contributed by atoms with van der Waals surface area (Å²) in [5, 5.41) is 3.07. The highest BCUT2D eigenvalue weighted by Gasteiger charge is 2.25. The Hall–Kier alpha value is -2.97. The summed E-state index contributed by atoms with van der Waals surface area (Å²) < 4.78 is 7.13. The summed E-state index contributed by atoms with van der Waals surface area (Å²) in [6.07, 6.45) is 0.478. The summed E-state index contributed by atoms with van der Waals surface area (Å²) in [5.41, 5.74) is 1.60. The second-order valence-electron chi connectivity index (χ2n) is 7.52. The topological polar surface area (TPSA) is 112 Å². The number of ether oxygens (including phenoxy) is 1. The lowest BCUT2D eigenvalue weighted by atomic mass is 9.99. The van der Waals surface area contributed by atoms with Gasteiger partial charge in [0.15, 0.2) is 0 Å². The first kappa shape index (κ1) is 22.3. The molecule has 9 nitrogen and oxygen atoms in total. The molecule has 2 rings (SSSR count). The van der Waals surface area contributed by atoms with Crippen molar-refractivity contribution in [3.8, 4) is 0 Å². The number of hydrogen-bond acceptors (Lipinski definition) is 6. The average molecular weight is 404 g/mol. The maximum absolute atomic E-state index is 12.6. The number of rotatable bonds is 6. The minimum absolute atomic E-state index is 0.110. The van der Waals surface area contributed by atoms with Crippen molar-refractivity contribution >= 4 is 22.9 Å². The van der Waals surface area contributed by atoms with Crippen LogP contribution in [0, 0.1) is 19.8 Å². The van der Waals surface area contributed by atoms with Gasteiger partial charge in [-0.05, 0) is 37.3 Å². The third-order valence-corrected chi connectivity index (χ3v) is 5.21. The first-order valence-corrected chi connectivity index (χ1v) is 9.44. The molecule has 0 fully saturated rings. The summed E-state index contributed by atoms with van der Waals surface area (Å²) in [7, 11) is 4.28. The lowest BCUT2D eigenvalue weighted by molar-refractivity contribution is -0.146. The molecule has 0 unspecified atom stereocenters. The van der Waals surface area contributed by atoms with Crippen LogP contribution in [0.3, 0.4) is 0 Å². The Morgan fingerprint density at radius 1 is 1.14 bits per heavy atom. The molecule has 29 heavy (non-hydrogen) atoms. The number of aromatic nitrogens is 3. The SMILES string of the molecule is COC(=O)[C@@H](NC(=O)CCc1c(C)nc2c(c1C)c(=O)n(C)c(=O)n2C)C(C)C. The molecule has 0 bridgehead atoms. The molecule has 0 aliphatic heterocycles. The Kier molecular flexibility index (Phi) is 6.61. The standard InChI is InChI=1S/C20H28N4O5/c1-10(2)16(19(27)29-7)22-14(25)9-8-13-11(3)15-17(21-12(13)4)23(5)20(28)24(6)18(15)26/h10,16H,8-9H2,1-7H3,(H,22,25)/t16-/m0/s1. The summed E-state index contributed by atoms with van der Waals surface area (Å²) >= 11 is 0. The van der Waals surface area contributed by atoms with Gasteiger partial charge >= 0.3 is 11.7 Å². The number of carbonyl (C=O) groups is 2. The largest absolute Gasteiger partial charge is 0.467 e. The van der Waals surface area contributed by atoms with Crippen LogP contribution in [0.2, 0.25) is 0 Å². The Morgan fingerprint density at radius 3 is 2.31 bits per heavy atom. The van der Waals surface area contributed by atoms with E-state index in [1.807, 2.05) is 13.8 Å². The molecule has 0 aliphatic rings. The molecule has 0 saturated heterocycles. The van der Waals surface area contributed by atoms with E-state index in [2.05, 4.69) is 10.3 Å². The smallest absolute Gasteiger partial charge is 0.332 e. The highest BCUT2D eigenvalue weighted by atomic mass is 16.5. The molecular formula is C20H28N4O5. The van der Waals surface area contributed by atoms with E-state index < -0.39 is 23.3 Å². The van der Waals surface area contributed by atoms with Gasteiger partial charge in [-0.1, -0.05) is 13.8 Å². The predicted octanol–water partition coefficient (Wildman–Crippen LogP) is 0.495. The lowest BCUT2D eigenvalue weighted by Crippen LogP contribution is -2.45. The fourth-order valence-corrected chi connectivity index (χ4v) is 3.42. The molecule has 2 heterocycles. The first-order valence-electron chi connectivity index (χ1n) is 9.44. The molecule has 2 aromatic rings. The van der Waals surface area contributed by atoms with E-state index in [0.29, 0.717) is 28.7 Å². The zero-order valence-electron chi connectivity index (χ0n) is 18.0. The first-order chi connectivity index (χ1) is 13.5. The van der Waals surface area contributed by atoms with Crippen molar-refractivity contribution in [2.75, 3.05) is 7.11 Å². The Balaban J connectivity index is 2.36. The third-order valence-electron chi connectivity index (χ3n) is 5.21. The molecule has 0 aromatic carbocycles. The quantitative estimate of drug-likeness (QED) is 0.702. The van der Waals surface area contributed by atoms with Crippen LogP contribution < -0.4 is 16.6 Å². The van der Waals surface area contributed by atoms with E-state index in [1.54, 1.807) is 20.9 Å².